The molecule has 1 unspecified atom stereocenters. The summed E-state index contributed by atoms with van der Waals surface area (Å²) in [6.45, 7) is 4.99. The number of amides is 3. The molecule has 0 heterocycles. The third-order valence-electron chi connectivity index (χ3n) is 8.11. The van der Waals surface area contributed by atoms with Crippen molar-refractivity contribution in [3.05, 3.63) is 119 Å². The highest BCUT2D eigenvalue weighted by Gasteiger charge is 2.30. The van der Waals surface area contributed by atoms with Crippen LogP contribution >= 0.6 is 0 Å². The first-order valence-corrected chi connectivity index (χ1v) is 16.4. The molecule has 0 aliphatic carbocycles. The van der Waals surface area contributed by atoms with Crippen LogP contribution in [0.5, 0.6) is 5.75 Å². The number of rotatable bonds is 14. The number of hydrogen-bond acceptors (Lipinski definition) is 6. The average Bonchev–Trinajstić information content (AvgIpc) is 3.12. The molecule has 0 saturated carbocycles. The van der Waals surface area contributed by atoms with E-state index < -0.39 is 35.4 Å². The number of carbonyl (C=O) groups is 4. The van der Waals surface area contributed by atoms with Crippen LogP contribution in [0.2, 0.25) is 0 Å². The Labute approximate surface area is 295 Å². The first-order valence-electron chi connectivity index (χ1n) is 16.4. The van der Waals surface area contributed by atoms with Crippen molar-refractivity contribution in [2.45, 2.75) is 32.4 Å². The SMILES string of the molecule is CCN(CC)C(=O)C(COCCC(=O)Oc1ccc(NC(=O)c2ccccc2-c2ccc(C(F)(F)F)cc2)c(C(=O)N(C)C)c1)c1ccccc1. The van der Waals surface area contributed by atoms with Crippen LogP contribution in [0.3, 0.4) is 0 Å². The molecule has 1 atom stereocenters. The number of esters is 1. The van der Waals surface area contributed by atoms with Gasteiger partial charge in [0, 0.05) is 32.7 Å². The molecule has 4 rings (SSSR count). The minimum Gasteiger partial charge on any atom is -0.426 e. The molecule has 51 heavy (non-hydrogen) atoms. The van der Waals surface area contributed by atoms with Crippen molar-refractivity contribution in [2.75, 3.05) is 45.7 Å². The molecule has 0 bridgehead atoms. The Bertz CT molecular complexity index is 1820. The normalized spacial score (nSPS) is 11.7. The topological polar surface area (TPSA) is 105 Å². The molecular weight excluding hydrogens is 663 g/mol. The lowest BCUT2D eigenvalue weighted by molar-refractivity contribution is -0.138. The van der Waals surface area contributed by atoms with E-state index >= 15 is 0 Å². The highest BCUT2D eigenvalue weighted by atomic mass is 19.4. The van der Waals surface area contributed by atoms with Crippen LogP contribution in [0.1, 0.15) is 58.0 Å². The average molecular weight is 704 g/mol. The molecule has 268 valence electrons. The summed E-state index contributed by atoms with van der Waals surface area (Å²) >= 11 is 0. The van der Waals surface area contributed by atoms with Gasteiger partial charge >= 0.3 is 12.1 Å². The zero-order chi connectivity index (χ0) is 37.1. The van der Waals surface area contributed by atoms with Gasteiger partial charge in [-0.25, -0.2) is 0 Å². The molecule has 9 nitrogen and oxygen atoms in total. The van der Waals surface area contributed by atoms with Crippen molar-refractivity contribution >= 4 is 29.4 Å². The van der Waals surface area contributed by atoms with Crippen molar-refractivity contribution in [3.8, 4) is 16.9 Å². The fourth-order valence-electron chi connectivity index (χ4n) is 5.37. The monoisotopic (exact) mass is 703 g/mol. The van der Waals surface area contributed by atoms with E-state index in [1.54, 1.807) is 23.1 Å². The van der Waals surface area contributed by atoms with Crippen LogP contribution in [-0.2, 0) is 20.5 Å². The molecule has 4 aromatic rings. The number of benzene rings is 4. The maximum atomic E-state index is 13.5. The Morgan fingerprint density at radius 2 is 1.45 bits per heavy atom. The fourth-order valence-corrected chi connectivity index (χ4v) is 5.37. The smallest absolute Gasteiger partial charge is 0.416 e. The Morgan fingerprint density at radius 1 is 0.804 bits per heavy atom. The van der Waals surface area contributed by atoms with E-state index in [1.807, 2.05) is 44.2 Å². The van der Waals surface area contributed by atoms with Crippen LogP contribution in [0.4, 0.5) is 18.9 Å². The highest BCUT2D eigenvalue weighted by Crippen LogP contribution is 2.32. The molecule has 3 amide bonds. The van der Waals surface area contributed by atoms with E-state index in [4.69, 9.17) is 9.47 Å². The second-order valence-corrected chi connectivity index (χ2v) is 11.8. The van der Waals surface area contributed by atoms with Crippen LogP contribution in [-0.4, -0.2) is 73.9 Å². The van der Waals surface area contributed by atoms with E-state index in [2.05, 4.69) is 5.32 Å². The van der Waals surface area contributed by atoms with Gasteiger partial charge in [-0.3, -0.25) is 19.2 Å². The van der Waals surface area contributed by atoms with Crippen molar-refractivity contribution in [1.82, 2.24) is 9.80 Å². The minimum absolute atomic E-state index is 0.0103. The second-order valence-electron chi connectivity index (χ2n) is 11.8. The predicted molar refractivity (Wildman–Crippen MR) is 187 cm³/mol. The minimum atomic E-state index is -4.50. The first kappa shape index (κ1) is 38.3. The lowest BCUT2D eigenvalue weighted by Gasteiger charge is -2.25. The third kappa shape index (κ3) is 10.0. The maximum absolute atomic E-state index is 13.5. The largest absolute Gasteiger partial charge is 0.426 e. The van der Waals surface area contributed by atoms with E-state index in [0.29, 0.717) is 24.2 Å². The quantitative estimate of drug-likeness (QED) is 0.0841. The van der Waals surface area contributed by atoms with Gasteiger partial charge in [0.15, 0.2) is 0 Å². The Kier molecular flexibility index (Phi) is 13.1. The van der Waals surface area contributed by atoms with E-state index in [-0.39, 0.29) is 48.1 Å². The van der Waals surface area contributed by atoms with Gasteiger partial charge in [-0.2, -0.15) is 13.2 Å². The predicted octanol–water partition coefficient (Wildman–Crippen LogP) is 7.29. The number of halogens is 3. The lowest BCUT2D eigenvalue weighted by Crippen LogP contribution is -2.36. The number of alkyl halides is 3. The number of likely N-dealkylation sites (N-methyl/N-ethyl adjacent to an activating group) is 1. The summed E-state index contributed by atoms with van der Waals surface area (Å²) in [5, 5.41) is 2.72. The summed E-state index contributed by atoms with van der Waals surface area (Å²) in [5.74, 6) is -2.26. The molecule has 0 saturated heterocycles. The summed E-state index contributed by atoms with van der Waals surface area (Å²) in [7, 11) is 3.05. The summed E-state index contributed by atoms with van der Waals surface area (Å²) in [5.41, 5.74) is 1.14. The molecule has 0 radical (unpaired) electrons. The van der Waals surface area contributed by atoms with Crippen LogP contribution in [0, 0.1) is 0 Å². The number of ether oxygens (including phenoxy) is 2. The van der Waals surface area contributed by atoms with Gasteiger partial charge in [0.05, 0.1) is 42.4 Å². The zero-order valence-corrected chi connectivity index (χ0v) is 28.8. The van der Waals surface area contributed by atoms with E-state index in [0.717, 1.165) is 17.7 Å². The van der Waals surface area contributed by atoms with Crippen LogP contribution in [0.15, 0.2) is 97.1 Å². The molecule has 0 aromatic heterocycles. The number of nitrogens with one attached hydrogen (secondary N) is 1. The molecule has 12 heteroatoms. The molecule has 0 aliphatic heterocycles. The lowest BCUT2D eigenvalue weighted by atomic mass is 9.98. The van der Waals surface area contributed by atoms with Gasteiger partial charge in [0.25, 0.3) is 11.8 Å². The fraction of sp³-hybridized carbons (Fsp3) is 0.282. The third-order valence-corrected chi connectivity index (χ3v) is 8.11. The molecule has 0 aliphatic rings. The second kappa shape index (κ2) is 17.4. The molecule has 1 N–H and O–H groups in total. The molecular formula is C39H40F3N3O6. The summed E-state index contributed by atoms with van der Waals surface area (Å²) in [6, 6.07) is 24.4. The standard InChI is InChI=1S/C39H40F3N3O6/c1-5-45(6-2)38(49)33(26-12-8-7-9-13-26)25-50-23-22-35(46)51-29-20-21-34(32(24-29)37(48)44(3)4)43-36(47)31-15-11-10-14-30(31)27-16-18-28(19-17-27)39(40,41)42/h7-21,24,33H,5-6,22-23,25H2,1-4H3,(H,43,47). The highest BCUT2D eigenvalue weighted by molar-refractivity contribution is 6.12. The zero-order valence-electron chi connectivity index (χ0n) is 28.8. The maximum Gasteiger partial charge on any atom is 0.416 e. The molecule has 0 spiro atoms. The van der Waals surface area contributed by atoms with Crippen molar-refractivity contribution in [1.29, 1.82) is 0 Å². The van der Waals surface area contributed by atoms with Crippen LogP contribution in [0.25, 0.3) is 11.1 Å². The van der Waals surface area contributed by atoms with Gasteiger partial charge in [-0.15, -0.1) is 0 Å². The van der Waals surface area contributed by atoms with Crippen molar-refractivity contribution in [2.24, 2.45) is 0 Å². The van der Waals surface area contributed by atoms with Crippen molar-refractivity contribution in [3.63, 3.8) is 0 Å². The molecule has 4 aromatic carbocycles. The Balaban J connectivity index is 1.45. The number of hydrogen-bond donors (Lipinski definition) is 1. The van der Waals surface area contributed by atoms with Gasteiger partial charge in [-0.05, 0) is 66.9 Å². The van der Waals surface area contributed by atoms with E-state index in [9.17, 15) is 32.3 Å². The number of nitrogens with zero attached hydrogens (tertiary/aromatic N) is 2. The number of anilines is 1. The van der Waals surface area contributed by atoms with Crippen molar-refractivity contribution < 1.29 is 41.8 Å². The summed E-state index contributed by atoms with van der Waals surface area (Å²) in [4.78, 5) is 55.6. The Hall–Kier alpha value is -5.49. The summed E-state index contributed by atoms with van der Waals surface area (Å²) in [6.07, 6.45) is -4.63. The van der Waals surface area contributed by atoms with Gasteiger partial charge < -0.3 is 24.6 Å². The van der Waals surface area contributed by atoms with Gasteiger partial charge in [-0.1, -0.05) is 60.7 Å². The van der Waals surface area contributed by atoms with E-state index in [1.165, 1.54) is 55.4 Å². The molecule has 0 fully saturated rings. The van der Waals surface area contributed by atoms with Crippen LogP contribution < -0.4 is 10.1 Å². The number of carbonyl (C=O) groups excluding carboxylic acids is 4. The summed E-state index contributed by atoms with van der Waals surface area (Å²) < 4.78 is 50.6. The Morgan fingerprint density at radius 3 is 2.08 bits per heavy atom. The first-order chi connectivity index (χ1) is 24.3. The van der Waals surface area contributed by atoms with Gasteiger partial charge in [0.1, 0.15) is 5.75 Å². The van der Waals surface area contributed by atoms with Gasteiger partial charge in [0.2, 0.25) is 5.91 Å².